The van der Waals surface area contributed by atoms with Crippen molar-refractivity contribution in [1.29, 1.82) is 0 Å². The molecule has 5 unspecified atom stereocenters. The molecule has 0 aromatic carbocycles. The Hall–Kier alpha value is -1.16. The van der Waals surface area contributed by atoms with Gasteiger partial charge in [0.25, 0.3) is 0 Å². The van der Waals surface area contributed by atoms with E-state index in [-0.39, 0.29) is 28.7 Å². The van der Waals surface area contributed by atoms with Crippen molar-refractivity contribution in [3.63, 3.8) is 0 Å². The molecule has 4 aliphatic carbocycles. The van der Waals surface area contributed by atoms with Gasteiger partial charge in [0.2, 0.25) is 0 Å². The van der Waals surface area contributed by atoms with Gasteiger partial charge in [-0.25, -0.2) is 0 Å². The Morgan fingerprint density at radius 2 is 1.96 bits per heavy atom. The fourth-order valence-corrected chi connectivity index (χ4v) is 6.95. The molecule has 0 aromatic heterocycles. The molecule has 0 bridgehead atoms. The number of aliphatic hydroxyl groups is 1. The third-order valence-electron chi connectivity index (χ3n) is 8.20. The molecule has 0 aromatic rings. The summed E-state index contributed by atoms with van der Waals surface area (Å²) in [6.45, 7) is 6.06. The molecular weight excluding hydrogens is 316 g/mol. The van der Waals surface area contributed by atoms with Crippen LogP contribution in [0.4, 0.5) is 0 Å². The van der Waals surface area contributed by atoms with Gasteiger partial charge in [-0.15, -0.1) is 0 Å². The lowest BCUT2D eigenvalue weighted by Crippen LogP contribution is -2.54. The number of carbonyl (C=O) groups excluding carboxylic acids is 2. The summed E-state index contributed by atoms with van der Waals surface area (Å²) in [5, 5.41) is 10.8. The van der Waals surface area contributed by atoms with Gasteiger partial charge in [0.1, 0.15) is 6.10 Å². The number of ketones is 1. The topological polar surface area (TPSA) is 63.6 Å². The highest BCUT2D eigenvalue weighted by atomic mass is 16.5. The van der Waals surface area contributed by atoms with Crippen molar-refractivity contribution in [2.24, 2.45) is 28.6 Å². The third-order valence-corrected chi connectivity index (χ3v) is 8.20. The molecule has 4 aliphatic rings. The van der Waals surface area contributed by atoms with Gasteiger partial charge in [0.05, 0.1) is 6.10 Å². The monoisotopic (exact) mass is 346 g/mol. The number of carbonyl (C=O) groups is 2. The van der Waals surface area contributed by atoms with Crippen LogP contribution < -0.4 is 0 Å². The SMILES string of the molecule is CC(=O)OC1CCC2C3CC(O)C4=CC(=O)CC[C@]4(C)C3CC[C@]12C. The van der Waals surface area contributed by atoms with Crippen LogP contribution in [0.5, 0.6) is 0 Å². The molecule has 4 nitrogen and oxygen atoms in total. The van der Waals surface area contributed by atoms with Crippen molar-refractivity contribution in [2.75, 3.05) is 0 Å². The van der Waals surface area contributed by atoms with Gasteiger partial charge in [0.15, 0.2) is 5.78 Å². The summed E-state index contributed by atoms with van der Waals surface area (Å²) in [7, 11) is 0. The highest BCUT2D eigenvalue weighted by molar-refractivity contribution is 5.91. The first-order valence-electron chi connectivity index (χ1n) is 9.86. The first-order chi connectivity index (χ1) is 11.8. The van der Waals surface area contributed by atoms with Gasteiger partial charge < -0.3 is 9.84 Å². The van der Waals surface area contributed by atoms with E-state index in [1.165, 1.54) is 6.92 Å². The van der Waals surface area contributed by atoms with E-state index >= 15 is 0 Å². The normalized spacial score (nSPS) is 48.9. The van der Waals surface area contributed by atoms with Gasteiger partial charge in [-0.05, 0) is 73.3 Å². The van der Waals surface area contributed by atoms with Gasteiger partial charge in [-0.2, -0.15) is 0 Å². The number of esters is 1. The minimum absolute atomic E-state index is 0.0192. The predicted octanol–water partition coefficient (Wildman–Crippen LogP) is 3.42. The molecule has 1 N–H and O–H groups in total. The van der Waals surface area contributed by atoms with Crippen molar-refractivity contribution in [3.05, 3.63) is 11.6 Å². The molecule has 0 aliphatic heterocycles. The summed E-state index contributed by atoms with van der Waals surface area (Å²) in [6, 6.07) is 0. The van der Waals surface area contributed by atoms with E-state index in [2.05, 4.69) is 13.8 Å². The second-order valence-corrected chi connectivity index (χ2v) is 9.33. The lowest BCUT2D eigenvalue weighted by atomic mass is 9.47. The van der Waals surface area contributed by atoms with E-state index in [4.69, 9.17) is 4.74 Å². The first-order valence-corrected chi connectivity index (χ1v) is 9.86. The summed E-state index contributed by atoms with van der Waals surface area (Å²) < 4.78 is 5.68. The van der Waals surface area contributed by atoms with Gasteiger partial charge in [0, 0.05) is 18.8 Å². The molecule has 25 heavy (non-hydrogen) atoms. The summed E-state index contributed by atoms with van der Waals surface area (Å²) in [6.07, 6.45) is 7.69. The van der Waals surface area contributed by atoms with Crippen molar-refractivity contribution in [2.45, 2.75) is 77.9 Å². The summed E-state index contributed by atoms with van der Waals surface area (Å²) in [5.41, 5.74) is 0.981. The van der Waals surface area contributed by atoms with Crippen molar-refractivity contribution in [1.82, 2.24) is 0 Å². The molecule has 4 heteroatoms. The molecule has 0 heterocycles. The lowest BCUT2D eigenvalue weighted by Gasteiger charge is -2.58. The van der Waals surface area contributed by atoms with Crippen LogP contribution in [0.1, 0.15) is 65.7 Å². The van der Waals surface area contributed by atoms with Crippen LogP contribution >= 0.6 is 0 Å². The standard InChI is InChI=1S/C21H30O4/c1-12(22)25-19-5-4-15-14-11-18(24)17-10-13(23)6-8-20(17,2)16(14)7-9-21(15,19)3/h10,14-16,18-19,24H,4-9,11H2,1-3H3/t14?,15?,16?,18?,19?,20-,21+/m1/s1. The van der Waals surface area contributed by atoms with Crippen LogP contribution in [0.2, 0.25) is 0 Å². The lowest BCUT2D eigenvalue weighted by molar-refractivity contribution is -0.158. The maximum atomic E-state index is 11.9. The summed E-state index contributed by atoms with van der Waals surface area (Å²) in [4.78, 5) is 23.4. The minimum Gasteiger partial charge on any atom is -0.462 e. The van der Waals surface area contributed by atoms with Crippen LogP contribution in [-0.4, -0.2) is 29.1 Å². The van der Waals surface area contributed by atoms with Crippen molar-refractivity contribution in [3.8, 4) is 0 Å². The summed E-state index contributed by atoms with van der Waals surface area (Å²) in [5.74, 6) is 1.48. The zero-order chi connectivity index (χ0) is 18.0. The highest BCUT2D eigenvalue weighted by Crippen LogP contribution is 2.65. The molecule has 7 atom stereocenters. The minimum atomic E-state index is -0.495. The van der Waals surface area contributed by atoms with Crippen molar-refractivity contribution >= 4 is 11.8 Å². The van der Waals surface area contributed by atoms with Crippen LogP contribution in [0.25, 0.3) is 0 Å². The van der Waals surface area contributed by atoms with Crippen LogP contribution in [-0.2, 0) is 14.3 Å². The zero-order valence-electron chi connectivity index (χ0n) is 15.6. The molecule has 0 spiro atoms. The number of ether oxygens (including phenoxy) is 1. The largest absolute Gasteiger partial charge is 0.462 e. The Morgan fingerprint density at radius 3 is 2.68 bits per heavy atom. The third kappa shape index (κ3) is 2.43. The Morgan fingerprint density at radius 1 is 1.20 bits per heavy atom. The van der Waals surface area contributed by atoms with E-state index in [9.17, 15) is 14.7 Å². The summed E-state index contributed by atoms with van der Waals surface area (Å²) >= 11 is 0. The second-order valence-electron chi connectivity index (χ2n) is 9.33. The van der Waals surface area contributed by atoms with E-state index < -0.39 is 6.10 Å². The zero-order valence-corrected chi connectivity index (χ0v) is 15.6. The van der Waals surface area contributed by atoms with Crippen LogP contribution in [0, 0.1) is 28.6 Å². The Balaban J connectivity index is 1.66. The fourth-order valence-electron chi connectivity index (χ4n) is 6.95. The van der Waals surface area contributed by atoms with E-state index in [0.717, 1.165) is 44.1 Å². The number of hydrogen-bond donors (Lipinski definition) is 1. The van der Waals surface area contributed by atoms with E-state index in [1.807, 2.05) is 0 Å². The number of aliphatic hydroxyl groups excluding tert-OH is 1. The van der Waals surface area contributed by atoms with E-state index in [1.54, 1.807) is 6.08 Å². The average Bonchev–Trinajstić information content (AvgIpc) is 2.86. The number of fused-ring (bicyclic) bond motifs is 5. The van der Waals surface area contributed by atoms with Crippen molar-refractivity contribution < 1.29 is 19.4 Å². The Kier molecular flexibility index (Phi) is 3.91. The molecule has 0 saturated heterocycles. The number of rotatable bonds is 1. The molecule has 3 saturated carbocycles. The predicted molar refractivity (Wildman–Crippen MR) is 93.7 cm³/mol. The Labute approximate surface area is 150 Å². The molecule has 0 radical (unpaired) electrons. The molecule has 4 rings (SSSR count). The molecule has 138 valence electrons. The smallest absolute Gasteiger partial charge is 0.302 e. The highest BCUT2D eigenvalue weighted by Gasteiger charge is 2.61. The molecular formula is C21H30O4. The number of hydrogen-bond acceptors (Lipinski definition) is 4. The Bertz CT molecular complexity index is 638. The molecule has 0 amide bonds. The van der Waals surface area contributed by atoms with Gasteiger partial charge in [-0.1, -0.05) is 13.8 Å². The van der Waals surface area contributed by atoms with Gasteiger partial charge in [-0.3, -0.25) is 9.59 Å². The maximum absolute atomic E-state index is 11.9. The quantitative estimate of drug-likeness (QED) is 0.739. The average molecular weight is 346 g/mol. The van der Waals surface area contributed by atoms with Crippen LogP contribution in [0.3, 0.4) is 0 Å². The van der Waals surface area contributed by atoms with Gasteiger partial charge >= 0.3 is 5.97 Å². The van der Waals surface area contributed by atoms with E-state index in [0.29, 0.717) is 24.2 Å². The first kappa shape index (κ1) is 17.3. The van der Waals surface area contributed by atoms with Crippen LogP contribution in [0.15, 0.2) is 11.6 Å². The maximum Gasteiger partial charge on any atom is 0.302 e. The fraction of sp³-hybridized carbons (Fsp3) is 0.810. The molecule has 3 fully saturated rings. The second kappa shape index (κ2) is 5.67.